The number of hydrogen-bond donors (Lipinski definition) is 0. The van der Waals surface area contributed by atoms with E-state index in [-0.39, 0.29) is 5.75 Å². The van der Waals surface area contributed by atoms with Gasteiger partial charge < -0.3 is 0 Å². The van der Waals surface area contributed by atoms with Gasteiger partial charge in [0.15, 0.2) is 9.41 Å². The number of thioether (sulfide) groups is 1. The molecular weight excluding hydrogens is 190 g/mol. The Morgan fingerprint density at radius 2 is 2.00 bits per heavy atom. The molecule has 0 saturated heterocycles. The van der Waals surface area contributed by atoms with Crippen LogP contribution in [0, 0.1) is 0 Å². The van der Waals surface area contributed by atoms with Crippen LogP contribution in [0.3, 0.4) is 0 Å². The number of alkyl halides is 3. The van der Waals surface area contributed by atoms with Crippen LogP contribution in [0.25, 0.3) is 0 Å². The fourth-order valence-electron chi connectivity index (χ4n) is 0.129. The van der Waals surface area contributed by atoms with Crippen molar-refractivity contribution in [1.82, 2.24) is 0 Å². The zero-order valence-corrected chi connectivity index (χ0v) is 6.82. The predicted molar refractivity (Wildman–Crippen MR) is 39.5 cm³/mol. The molecule has 0 radical (unpaired) electrons. The van der Waals surface area contributed by atoms with Crippen LogP contribution in [0.4, 0.5) is 0 Å². The minimum Gasteiger partial charge on any atom is -0.291 e. The highest BCUT2D eigenvalue weighted by molar-refractivity contribution is 8.12. The van der Waals surface area contributed by atoms with Crippen LogP contribution in [0.5, 0.6) is 0 Å². The maximum Gasteiger partial charge on any atom is 0.199 e. The molecule has 5 heteroatoms. The van der Waals surface area contributed by atoms with E-state index in [9.17, 15) is 4.79 Å². The first-order valence-electron chi connectivity index (χ1n) is 1.68. The van der Waals surface area contributed by atoms with Gasteiger partial charge >= 0.3 is 0 Å². The summed E-state index contributed by atoms with van der Waals surface area (Å²) in [5.74, 6) is 0.209. The van der Waals surface area contributed by atoms with Crippen LogP contribution in [0.1, 0.15) is 0 Å². The van der Waals surface area contributed by atoms with Crippen molar-refractivity contribution in [2.45, 2.75) is 3.79 Å². The van der Waals surface area contributed by atoms with Gasteiger partial charge in [-0.3, -0.25) is 4.79 Å². The topological polar surface area (TPSA) is 17.1 Å². The van der Waals surface area contributed by atoms with Gasteiger partial charge in [0.05, 0.1) is 0 Å². The molecule has 8 heavy (non-hydrogen) atoms. The van der Waals surface area contributed by atoms with Gasteiger partial charge in [-0.2, -0.15) is 0 Å². The van der Waals surface area contributed by atoms with Crippen LogP contribution >= 0.6 is 46.6 Å². The molecule has 0 aliphatic rings. The lowest BCUT2D eigenvalue weighted by Crippen LogP contribution is -2.04. The van der Waals surface area contributed by atoms with E-state index in [1.54, 1.807) is 0 Å². The van der Waals surface area contributed by atoms with E-state index in [0.717, 1.165) is 11.8 Å². The second kappa shape index (κ2) is 3.83. The van der Waals surface area contributed by atoms with Crippen molar-refractivity contribution in [3.05, 3.63) is 0 Å². The third-order valence-corrected chi connectivity index (χ3v) is 1.93. The second-order valence-electron chi connectivity index (χ2n) is 1.02. The van der Waals surface area contributed by atoms with Crippen molar-refractivity contribution in [3.8, 4) is 0 Å². The van der Waals surface area contributed by atoms with Crippen molar-refractivity contribution in [3.63, 3.8) is 0 Å². The van der Waals surface area contributed by atoms with Crippen molar-refractivity contribution in [1.29, 1.82) is 0 Å². The quantitative estimate of drug-likeness (QED) is 0.494. The maximum atomic E-state index is 9.64. The lowest BCUT2D eigenvalue weighted by Gasteiger charge is -2.04. The average molecular weight is 193 g/mol. The summed E-state index contributed by atoms with van der Waals surface area (Å²) >= 11 is 16.7. The molecule has 0 fully saturated rings. The molecule has 48 valence electrons. The molecule has 0 aliphatic carbocycles. The molecule has 0 aromatic rings. The highest BCUT2D eigenvalue weighted by Gasteiger charge is 2.18. The van der Waals surface area contributed by atoms with Gasteiger partial charge in [0.2, 0.25) is 0 Å². The van der Waals surface area contributed by atoms with Gasteiger partial charge in [-0.05, 0) is 0 Å². The van der Waals surface area contributed by atoms with Gasteiger partial charge in [-0.1, -0.05) is 46.6 Å². The number of rotatable bonds is 2. The molecule has 0 heterocycles. The molecule has 1 nitrogen and oxygen atoms in total. The van der Waals surface area contributed by atoms with Crippen LogP contribution < -0.4 is 0 Å². The Morgan fingerprint density at radius 3 is 2.12 bits per heavy atom. The number of hydrogen-bond acceptors (Lipinski definition) is 2. The summed E-state index contributed by atoms with van der Waals surface area (Å²) in [5, 5.41) is 0. The van der Waals surface area contributed by atoms with Crippen LogP contribution in [0.2, 0.25) is 0 Å². The van der Waals surface area contributed by atoms with Crippen LogP contribution in [0.15, 0.2) is 0 Å². The van der Waals surface area contributed by atoms with E-state index >= 15 is 0 Å². The normalized spacial score (nSPS) is 11.4. The highest BCUT2D eigenvalue weighted by atomic mass is 35.6. The summed E-state index contributed by atoms with van der Waals surface area (Å²) in [6.45, 7) is 0. The van der Waals surface area contributed by atoms with Crippen molar-refractivity contribution >= 4 is 52.2 Å². The molecule has 0 spiro atoms. The number of carbonyl (C=O) groups is 1. The molecular formula is C3H3Cl3OS. The second-order valence-corrected chi connectivity index (χ2v) is 4.35. The Hall–Kier alpha value is 0.890. The van der Waals surface area contributed by atoms with Gasteiger partial charge in [0.25, 0.3) is 0 Å². The van der Waals surface area contributed by atoms with Crippen molar-refractivity contribution in [2.75, 3.05) is 5.75 Å². The summed E-state index contributed by atoms with van der Waals surface area (Å²) in [7, 11) is 0. The summed E-state index contributed by atoms with van der Waals surface area (Å²) in [4.78, 5) is 9.64. The van der Waals surface area contributed by atoms with E-state index in [1.165, 1.54) is 0 Å². The van der Waals surface area contributed by atoms with Gasteiger partial charge in [0.1, 0.15) is 0 Å². The number of halogens is 3. The highest BCUT2D eigenvalue weighted by Crippen LogP contribution is 2.29. The average Bonchev–Trinajstić information content (AvgIpc) is 1.59. The SMILES string of the molecule is O=CSCC(Cl)(Cl)Cl. The first-order valence-corrected chi connectivity index (χ1v) is 3.86. The maximum absolute atomic E-state index is 9.64. The Labute approximate surface area is 66.7 Å². The van der Waals surface area contributed by atoms with E-state index in [1.807, 2.05) is 0 Å². The largest absolute Gasteiger partial charge is 0.291 e. The predicted octanol–water partition coefficient (Wildman–Crippen LogP) is 2.28. The standard InChI is InChI=1S/C3H3Cl3OS/c4-3(5,6)1-8-2-7/h2H,1H2. The molecule has 0 N–H and O–H groups in total. The van der Waals surface area contributed by atoms with Gasteiger partial charge in [0, 0.05) is 5.75 Å². The van der Waals surface area contributed by atoms with Gasteiger partial charge in [-0.25, -0.2) is 0 Å². The molecule has 0 rings (SSSR count). The Bertz CT molecular complexity index is 79.1. The van der Waals surface area contributed by atoms with E-state index in [2.05, 4.69) is 0 Å². The first-order chi connectivity index (χ1) is 3.56. The molecule has 0 bridgehead atoms. The smallest absolute Gasteiger partial charge is 0.199 e. The first kappa shape index (κ1) is 8.89. The van der Waals surface area contributed by atoms with Crippen LogP contribution in [-0.4, -0.2) is 15.2 Å². The Morgan fingerprint density at radius 1 is 1.50 bits per heavy atom. The molecule has 0 atom stereocenters. The van der Waals surface area contributed by atoms with E-state index < -0.39 is 3.79 Å². The summed E-state index contributed by atoms with van der Waals surface area (Å²) in [5.41, 5.74) is 0.641. The molecule has 0 unspecified atom stereocenters. The van der Waals surface area contributed by atoms with Gasteiger partial charge in [-0.15, -0.1) is 0 Å². The fraction of sp³-hybridized carbons (Fsp3) is 0.667. The summed E-state index contributed by atoms with van der Waals surface area (Å²) < 4.78 is -1.30. The van der Waals surface area contributed by atoms with Crippen molar-refractivity contribution in [2.24, 2.45) is 0 Å². The fourth-order valence-corrected chi connectivity index (χ4v) is 0.952. The molecule has 0 aliphatic heterocycles. The lowest BCUT2D eigenvalue weighted by molar-refractivity contribution is 0.570. The van der Waals surface area contributed by atoms with Crippen LogP contribution in [-0.2, 0) is 4.79 Å². The Balaban J connectivity index is 3.24. The minimum atomic E-state index is -1.30. The molecule has 0 aromatic carbocycles. The van der Waals surface area contributed by atoms with Crippen molar-refractivity contribution < 1.29 is 4.79 Å². The monoisotopic (exact) mass is 192 g/mol. The molecule has 0 aromatic heterocycles. The Kier molecular flexibility index (Phi) is 4.26. The summed E-state index contributed by atoms with van der Waals surface area (Å²) in [6.07, 6.45) is 0. The molecule has 0 saturated carbocycles. The minimum absolute atomic E-state index is 0.209. The lowest BCUT2D eigenvalue weighted by atomic mass is 10.9. The summed E-state index contributed by atoms with van der Waals surface area (Å²) in [6, 6.07) is 0. The number of carbonyl (C=O) groups excluding carboxylic acids is 1. The zero-order chi connectivity index (χ0) is 6.62. The molecule has 0 amide bonds. The third-order valence-electron chi connectivity index (χ3n) is 0.315. The van der Waals surface area contributed by atoms with E-state index in [4.69, 9.17) is 34.8 Å². The third kappa shape index (κ3) is 6.89. The zero-order valence-electron chi connectivity index (χ0n) is 3.73. The van der Waals surface area contributed by atoms with E-state index in [0.29, 0.717) is 5.62 Å².